The third-order valence-corrected chi connectivity index (χ3v) is 2.98. The Hall–Kier alpha value is -1.88. The van der Waals surface area contributed by atoms with Gasteiger partial charge in [-0.15, -0.1) is 0 Å². The predicted molar refractivity (Wildman–Crippen MR) is 71.1 cm³/mol. The lowest BCUT2D eigenvalue weighted by Gasteiger charge is -2.28. The van der Waals surface area contributed by atoms with Crippen LogP contribution in [0.2, 0.25) is 0 Å². The quantitative estimate of drug-likeness (QED) is 0.744. The highest BCUT2D eigenvalue weighted by Crippen LogP contribution is 2.12. The fraction of sp³-hybridized carbons (Fsp3) is 0.429. The van der Waals surface area contributed by atoms with Crippen LogP contribution in [0.3, 0.4) is 0 Å². The summed E-state index contributed by atoms with van der Waals surface area (Å²) in [5.41, 5.74) is 1.08. The predicted octanol–water partition coefficient (Wildman–Crippen LogP) is 1.48. The Morgan fingerprint density at radius 3 is 2.05 bits per heavy atom. The van der Waals surface area contributed by atoms with Crippen LogP contribution in [0.15, 0.2) is 30.3 Å². The molecule has 104 valence electrons. The first-order valence-corrected chi connectivity index (χ1v) is 6.24. The third-order valence-electron chi connectivity index (χ3n) is 2.98. The summed E-state index contributed by atoms with van der Waals surface area (Å²) in [7, 11) is 0. The zero-order valence-electron chi connectivity index (χ0n) is 11.0. The van der Waals surface area contributed by atoms with Gasteiger partial charge in [-0.25, -0.2) is 0 Å². The van der Waals surface area contributed by atoms with Crippen molar-refractivity contribution in [3.05, 3.63) is 35.9 Å². The minimum absolute atomic E-state index is 0.0883. The number of carboxylic acid groups (broad SMARTS) is 2. The molecule has 1 unspecified atom stereocenters. The first kappa shape index (κ1) is 15.2. The van der Waals surface area contributed by atoms with Crippen molar-refractivity contribution in [2.45, 2.75) is 25.8 Å². The van der Waals surface area contributed by atoms with E-state index in [1.54, 1.807) is 0 Å². The molecule has 0 aliphatic rings. The number of rotatable bonds is 8. The molecule has 0 aromatic heterocycles. The van der Waals surface area contributed by atoms with Gasteiger partial charge in [-0.2, -0.15) is 0 Å². The molecule has 0 fully saturated rings. The van der Waals surface area contributed by atoms with E-state index in [0.717, 1.165) is 5.56 Å². The normalized spacial score (nSPS) is 12.3. The molecule has 0 spiro atoms. The Kier molecular flexibility index (Phi) is 6.02. The van der Waals surface area contributed by atoms with Crippen LogP contribution >= 0.6 is 0 Å². The number of hydrogen-bond acceptors (Lipinski definition) is 3. The van der Waals surface area contributed by atoms with Crippen LogP contribution in [0.4, 0.5) is 0 Å². The Balaban J connectivity index is 2.77. The van der Waals surface area contributed by atoms with Gasteiger partial charge in [0.25, 0.3) is 0 Å². The largest absolute Gasteiger partial charge is 0.480 e. The minimum atomic E-state index is -1.01. The van der Waals surface area contributed by atoms with Crippen LogP contribution < -0.4 is 0 Å². The molecule has 0 radical (unpaired) electrons. The van der Waals surface area contributed by atoms with Gasteiger partial charge in [0.1, 0.15) is 0 Å². The molecule has 0 bridgehead atoms. The van der Waals surface area contributed by atoms with E-state index in [1.165, 1.54) is 4.90 Å². The van der Waals surface area contributed by atoms with Crippen LogP contribution in [0, 0.1) is 0 Å². The molecule has 2 N–H and O–H groups in total. The average Bonchev–Trinajstić information content (AvgIpc) is 2.35. The van der Waals surface area contributed by atoms with Crippen LogP contribution in [0.25, 0.3) is 0 Å². The molecule has 5 nitrogen and oxygen atoms in total. The first-order chi connectivity index (χ1) is 9.02. The molecule has 0 heterocycles. The second-order valence-corrected chi connectivity index (χ2v) is 4.44. The highest BCUT2D eigenvalue weighted by atomic mass is 16.4. The maximum Gasteiger partial charge on any atom is 0.317 e. The zero-order valence-corrected chi connectivity index (χ0v) is 11.0. The lowest BCUT2D eigenvalue weighted by atomic mass is 10.0. The molecule has 1 atom stereocenters. The molecule has 0 aliphatic carbocycles. The monoisotopic (exact) mass is 265 g/mol. The van der Waals surface area contributed by atoms with E-state index >= 15 is 0 Å². The summed E-state index contributed by atoms with van der Waals surface area (Å²) in [5, 5.41) is 17.7. The fourth-order valence-electron chi connectivity index (χ4n) is 2.08. The number of benzene rings is 1. The highest BCUT2D eigenvalue weighted by molar-refractivity contribution is 5.72. The molecule has 1 aromatic rings. The fourth-order valence-corrected chi connectivity index (χ4v) is 2.08. The van der Waals surface area contributed by atoms with Gasteiger partial charge >= 0.3 is 11.9 Å². The van der Waals surface area contributed by atoms with Crippen molar-refractivity contribution in [3.8, 4) is 0 Å². The van der Waals surface area contributed by atoms with Crippen LogP contribution in [0.5, 0.6) is 0 Å². The van der Waals surface area contributed by atoms with E-state index in [9.17, 15) is 9.59 Å². The van der Waals surface area contributed by atoms with Crippen LogP contribution in [0.1, 0.15) is 18.9 Å². The standard InChI is InChI=1S/C14H19NO4/c1-2-12(8-11-6-4-3-5-7-11)15(9-13(16)17)10-14(18)19/h3-7,12H,2,8-10H2,1H3,(H,16,17)(H,18,19). The van der Waals surface area contributed by atoms with Gasteiger partial charge in [-0.1, -0.05) is 37.3 Å². The van der Waals surface area contributed by atoms with Crippen LogP contribution in [-0.2, 0) is 16.0 Å². The third kappa shape index (κ3) is 5.52. The Morgan fingerprint density at radius 2 is 1.63 bits per heavy atom. The number of carbonyl (C=O) groups is 2. The highest BCUT2D eigenvalue weighted by Gasteiger charge is 2.22. The summed E-state index contributed by atoms with van der Waals surface area (Å²) in [6, 6.07) is 9.58. The summed E-state index contributed by atoms with van der Waals surface area (Å²) in [6.45, 7) is 1.43. The summed E-state index contributed by atoms with van der Waals surface area (Å²) < 4.78 is 0. The van der Waals surface area contributed by atoms with E-state index in [0.29, 0.717) is 12.8 Å². The van der Waals surface area contributed by atoms with Gasteiger partial charge in [0.05, 0.1) is 13.1 Å². The van der Waals surface area contributed by atoms with Crippen molar-refractivity contribution in [1.29, 1.82) is 0 Å². The van der Waals surface area contributed by atoms with Gasteiger partial charge in [0, 0.05) is 6.04 Å². The first-order valence-electron chi connectivity index (χ1n) is 6.24. The van der Waals surface area contributed by atoms with Crippen molar-refractivity contribution < 1.29 is 19.8 Å². The van der Waals surface area contributed by atoms with Gasteiger partial charge in [-0.3, -0.25) is 14.5 Å². The average molecular weight is 265 g/mol. The Labute approximate surface area is 112 Å². The molecule has 1 aromatic carbocycles. The lowest BCUT2D eigenvalue weighted by molar-refractivity contribution is -0.142. The Morgan fingerprint density at radius 1 is 1.11 bits per heavy atom. The van der Waals surface area contributed by atoms with E-state index in [4.69, 9.17) is 10.2 Å². The lowest BCUT2D eigenvalue weighted by Crippen LogP contribution is -2.43. The molecule has 0 amide bonds. The van der Waals surface area contributed by atoms with E-state index in [1.807, 2.05) is 37.3 Å². The minimum Gasteiger partial charge on any atom is -0.480 e. The molecule has 1 rings (SSSR count). The van der Waals surface area contributed by atoms with Crippen molar-refractivity contribution >= 4 is 11.9 Å². The summed E-state index contributed by atoms with van der Waals surface area (Å²) in [6.07, 6.45) is 1.35. The number of carboxylic acids is 2. The van der Waals surface area contributed by atoms with Crippen molar-refractivity contribution in [1.82, 2.24) is 4.90 Å². The molecule has 0 saturated carbocycles. The summed E-state index contributed by atoms with van der Waals surface area (Å²) in [4.78, 5) is 23.2. The summed E-state index contributed by atoms with van der Waals surface area (Å²) in [5.74, 6) is -2.01. The van der Waals surface area contributed by atoms with E-state index in [-0.39, 0.29) is 19.1 Å². The van der Waals surface area contributed by atoms with Crippen molar-refractivity contribution in [3.63, 3.8) is 0 Å². The molecule has 5 heteroatoms. The molecule has 19 heavy (non-hydrogen) atoms. The van der Waals surface area contributed by atoms with E-state index in [2.05, 4.69) is 0 Å². The number of nitrogens with zero attached hydrogens (tertiary/aromatic N) is 1. The maximum absolute atomic E-state index is 10.8. The van der Waals surface area contributed by atoms with Gasteiger partial charge in [-0.05, 0) is 18.4 Å². The second kappa shape index (κ2) is 7.53. The Bertz CT molecular complexity index is 403. The molecule has 0 aliphatic heterocycles. The maximum atomic E-state index is 10.8. The van der Waals surface area contributed by atoms with Crippen LogP contribution in [-0.4, -0.2) is 46.2 Å². The van der Waals surface area contributed by atoms with Gasteiger partial charge in [0.15, 0.2) is 0 Å². The van der Waals surface area contributed by atoms with Crippen molar-refractivity contribution in [2.24, 2.45) is 0 Å². The SMILES string of the molecule is CCC(Cc1ccccc1)N(CC(=O)O)CC(=O)O. The second-order valence-electron chi connectivity index (χ2n) is 4.44. The molecular weight excluding hydrogens is 246 g/mol. The van der Waals surface area contributed by atoms with E-state index < -0.39 is 11.9 Å². The number of aliphatic carboxylic acids is 2. The smallest absolute Gasteiger partial charge is 0.317 e. The molecule has 0 saturated heterocycles. The summed E-state index contributed by atoms with van der Waals surface area (Å²) >= 11 is 0. The topological polar surface area (TPSA) is 77.8 Å². The van der Waals surface area contributed by atoms with Gasteiger partial charge < -0.3 is 10.2 Å². The molecular formula is C14H19NO4. The number of hydrogen-bond donors (Lipinski definition) is 2. The van der Waals surface area contributed by atoms with Crippen molar-refractivity contribution in [2.75, 3.05) is 13.1 Å². The zero-order chi connectivity index (χ0) is 14.3. The van der Waals surface area contributed by atoms with Gasteiger partial charge in [0.2, 0.25) is 0 Å².